The molecule has 4 aromatic rings. The maximum absolute atomic E-state index is 13.9. The number of allylic oxidation sites excluding steroid dienone is 1. The van der Waals surface area contributed by atoms with E-state index >= 15 is 0 Å². The number of aromatic nitrogens is 1. The number of nitrogens with zero attached hydrogens (tertiary/aromatic N) is 2. The number of benzene rings is 3. The van der Waals surface area contributed by atoms with Gasteiger partial charge in [-0.2, -0.15) is 0 Å². The molecule has 0 radical (unpaired) electrons. The van der Waals surface area contributed by atoms with E-state index < -0.39 is 12.0 Å². The van der Waals surface area contributed by atoms with Gasteiger partial charge in [-0.25, -0.2) is 9.79 Å². The molecule has 5 rings (SSSR count). The summed E-state index contributed by atoms with van der Waals surface area (Å²) in [6, 6.07) is 18.9. The molecule has 0 saturated heterocycles. The van der Waals surface area contributed by atoms with Crippen LogP contribution < -0.4 is 19.6 Å². The van der Waals surface area contributed by atoms with Crippen molar-refractivity contribution in [3.05, 3.63) is 129 Å². The Morgan fingerprint density at radius 2 is 1.82 bits per heavy atom. The number of fused-ring (bicyclic) bond motifs is 1. The van der Waals surface area contributed by atoms with Crippen molar-refractivity contribution in [3.63, 3.8) is 0 Å². The number of thiazole rings is 1. The van der Waals surface area contributed by atoms with Crippen molar-refractivity contribution in [1.82, 2.24) is 4.57 Å². The average Bonchev–Trinajstić information content (AvgIpc) is 3.22. The monoisotopic (exact) mass is 612 g/mol. The van der Waals surface area contributed by atoms with E-state index in [9.17, 15) is 9.59 Å². The molecule has 2 heterocycles. The van der Waals surface area contributed by atoms with Crippen LogP contribution in [0.1, 0.15) is 36.6 Å². The molecule has 3 aromatic carbocycles. The van der Waals surface area contributed by atoms with Crippen molar-refractivity contribution in [2.24, 2.45) is 4.99 Å². The smallest absolute Gasteiger partial charge is 0.338 e. The highest BCUT2D eigenvalue weighted by Gasteiger charge is 2.34. The second kappa shape index (κ2) is 12.0. The Bertz CT molecular complexity index is 1830. The number of hydrogen-bond acceptors (Lipinski definition) is 6. The summed E-state index contributed by atoms with van der Waals surface area (Å²) in [5, 5.41) is 1.53. The van der Waals surface area contributed by atoms with Crippen molar-refractivity contribution in [1.29, 1.82) is 0 Å². The van der Waals surface area contributed by atoms with E-state index in [1.165, 1.54) is 15.9 Å². The molecule has 0 fully saturated rings. The maximum atomic E-state index is 13.9. The molecule has 1 atom stereocenters. The van der Waals surface area contributed by atoms with Gasteiger partial charge in [-0.15, -0.1) is 0 Å². The van der Waals surface area contributed by atoms with Crippen LogP contribution in [0.5, 0.6) is 5.75 Å². The van der Waals surface area contributed by atoms with Crippen LogP contribution in [0, 0.1) is 0 Å². The third kappa shape index (κ3) is 5.74. The zero-order chi connectivity index (χ0) is 28.4. The minimum absolute atomic E-state index is 0.183. The van der Waals surface area contributed by atoms with Gasteiger partial charge in [0, 0.05) is 20.6 Å². The van der Waals surface area contributed by atoms with E-state index in [0.29, 0.717) is 47.0 Å². The van der Waals surface area contributed by atoms with Crippen molar-refractivity contribution >= 4 is 58.2 Å². The predicted octanol–water partition coefficient (Wildman–Crippen LogP) is 6.34. The molecule has 0 saturated carbocycles. The summed E-state index contributed by atoms with van der Waals surface area (Å²) in [7, 11) is 0. The van der Waals surface area contributed by atoms with Gasteiger partial charge in [-0.3, -0.25) is 9.36 Å². The number of esters is 1. The molecule has 1 aromatic heterocycles. The molecule has 0 N–H and O–H groups in total. The van der Waals surface area contributed by atoms with Gasteiger partial charge in [0.1, 0.15) is 18.4 Å². The SMILES string of the molecule is CCOC(=O)C1=C(C)N=c2s/c(=C\c3cc(Cl)ccc3OCc3cccc(Cl)c3)c(=O)n2[C@H]1c1ccccc1Cl. The Morgan fingerprint density at radius 3 is 2.58 bits per heavy atom. The standard InChI is InChI=1S/C30H23Cl3N2O4S/c1-3-38-29(37)26-17(2)34-30-35(27(26)22-9-4-5-10-23(22)33)28(36)25(40-30)15-19-14-21(32)11-12-24(19)39-16-18-7-6-8-20(31)13-18/h4-15,27H,3,16H2,1-2H3/b25-15-/t27-/m0/s1. The number of rotatable bonds is 7. The van der Waals surface area contributed by atoms with Crippen LogP contribution in [0.2, 0.25) is 15.1 Å². The van der Waals surface area contributed by atoms with E-state index in [2.05, 4.69) is 4.99 Å². The number of hydrogen-bond donors (Lipinski definition) is 0. The quantitative estimate of drug-likeness (QED) is 0.228. The zero-order valence-corrected chi connectivity index (χ0v) is 24.6. The molecule has 0 aliphatic carbocycles. The van der Waals surface area contributed by atoms with E-state index in [0.717, 1.165) is 5.56 Å². The summed E-state index contributed by atoms with van der Waals surface area (Å²) in [4.78, 5) is 32.1. The highest BCUT2D eigenvalue weighted by atomic mass is 35.5. The lowest BCUT2D eigenvalue weighted by molar-refractivity contribution is -0.139. The Hall–Kier alpha value is -3.36. The van der Waals surface area contributed by atoms with Crippen molar-refractivity contribution in [3.8, 4) is 5.75 Å². The highest BCUT2D eigenvalue weighted by molar-refractivity contribution is 7.07. The number of carbonyl (C=O) groups excluding carboxylic acids is 1. The fourth-order valence-electron chi connectivity index (χ4n) is 4.48. The molecule has 10 heteroatoms. The summed E-state index contributed by atoms with van der Waals surface area (Å²) in [5.74, 6) is -0.00393. The van der Waals surface area contributed by atoms with Gasteiger partial charge < -0.3 is 9.47 Å². The van der Waals surface area contributed by atoms with E-state index in [-0.39, 0.29) is 24.3 Å². The van der Waals surface area contributed by atoms with Crippen molar-refractivity contribution < 1.29 is 14.3 Å². The van der Waals surface area contributed by atoms with E-state index in [4.69, 9.17) is 44.3 Å². The first-order valence-electron chi connectivity index (χ1n) is 12.4. The van der Waals surface area contributed by atoms with Gasteiger partial charge in [-0.05, 0) is 67.4 Å². The van der Waals surface area contributed by atoms with E-state index in [1.807, 2.05) is 24.3 Å². The topological polar surface area (TPSA) is 69.9 Å². The van der Waals surface area contributed by atoms with Crippen LogP contribution in [0.15, 0.2) is 87.8 Å². The maximum Gasteiger partial charge on any atom is 0.338 e. The molecule has 204 valence electrons. The molecule has 0 amide bonds. The fourth-order valence-corrected chi connectivity index (χ4v) is 6.15. The molecule has 0 unspecified atom stereocenters. The lowest BCUT2D eigenvalue weighted by atomic mass is 9.96. The van der Waals surface area contributed by atoms with E-state index in [1.54, 1.807) is 62.4 Å². The molecule has 1 aliphatic heterocycles. The van der Waals surface area contributed by atoms with Gasteiger partial charge in [0.15, 0.2) is 4.80 Å². The number of carbonyl (C=O) groups is 1. The van der Waals surface area contributed by atoms with Gasteiger partial charge in [-0.1, -0.05) is 76.5 Å². The van der Waals surface area contributed by atoms with Crippen LogP contribution in [0.4, 0.5) is 0 Å². The minimum atomic E-state index is -0.802. The van der Waals surface area contributed by atoms with Crippen molar-refractivity contribution in [2.45, 2.75) is 26.5 Å². The molecule has 40 heavy (non-hydrogen) atoms. The Balaban J connectivity index is 1.63. The largest absolute Gasteiger partial charge is 0.488 e. The second-order valence-corrected chi connectivity index (χ2v) is 11.2. The Labute approximate surface area is 249 Å². The first kappa shape index (κ1) is 28.2. The normalized spacial score (nSPS) is 15.0. The summed E-state index contributed by atoms with van der Waals surface area (Å²) >= 11 is 20.2. The minimum Gasteiger partial charge on any atom is -0.488 e. The van der Waals surface area contributed by atoms with Gasteiger partial charge in [0.2, 0.25) is 0 Å². The van der Waals surface area contributed by atoms with Gasteiger partial charge in [0.25, 0.3) is 5.56 Å². The van der Waals surface area contributed by atoms with Crippen LogP contribution >= 0.6 is 46.1 Å². The molecule has 0 spiro atoms. The Morgan fingerprint density at radius 1 is 1.05 bits per heavy atom. The number of halogens is 3. The average molecular weight is 614 g/mol. The fraction of sp³-hybridized carbons (Fsp3) is 0.167. The zero-order valence-electron chi connectivity index (χ0n) is 21.5. The molecule has 6 nitrogen and oxygen atoms in total. The highest BCUT2D eigenvalue weighted by Crippen LogP contribution is 2.34. The summed E-state index contributed by atoms with van der Waals surface area (Å²) < 4.78 is 13.3. The third-order valence-electron chi connectivity index (χ3n) is 6.26. The predicted molar refractivity (Wildman–Crippen MR) is 159 cm³/mol. The molecule has 0 bridgehead atoms. The molecule has 1 aliphatic rings. The van der Waals surface area contributed by atoms with Crippen LogP contribution in [0.3, 0.4) is 0 Å². The number of ether oxygens (including phenoxy) is 2. The summed E-state index contributed by atoms with van der Waals surface area (Å²) in [6.07, 6.45) is 1.72. The second-order valence-electron chi connectivity index (χ2n) is 8.92. The lowest BCUT2D eigenvalue weighted by Crippen LogP contribution is -2.40. The Kier molecular flexibility index (Phi) is 8.47. The lowest BCUT2D eigenvalue weighted by Gasteiger charge is -2.25. The summed E-state index contributed by atoms with van der Waals surface area (Å²) in [6.45, 7) is 3.91. The summed E-state index contributed by atoms with van der Waals surface area (Å²) in [5.41, 5.74) is 2.52. The third-order valence-corrected chi connectivity index (χ3v) is 8.06. The molecular formula is C30H23Cl3N2O4S. The molecular weight excluding hydrogens is 591 g/mol. The first-order valence-corrected chi connectivity index (χ1v) is 14.3. The van der Waals surface area contributed by atoms with Gasteiger partial charge >= 0.3 is 5.97 Å². The van der Waals surface area contributed by atoms with Crippen LogP contribution in [0.25, 0.3) is 6.08 Å². The van der Waals surface area contributed by atoms with Crippen LogP contribution in [-0.2, 0) is 16.1 Å². The first-order chi connectivity index (χ1) is 19.3. The van der Waals surface area contributed by atoms with Gasteiger partial charge in [0.05, 0.1) is 22.4 Å². The van der Waals surface area contributed by atoms with Crippen LogP contribution in [-0.4, -0.2) is 17.1 Å². The van der Waals surface area contributed by atoms with Crippen molar-refractivity contribution in [2.75, 3.05) is 6.61 Å².